The molecule has 0 amide bonds. The Hall–Kier alpha value is -1.38. The SMILES string of the molecule is COc1ccccc1C1C2CCCC1(C)C2N=O. The molecular weight excluding hydrogens is 226 g/mol. The van der Waals surface area contributed by atoms with Crippen molar-refractivity contribution >= 4 is 0 Å². The van der Waals surface area contributed by atoms with Gasteiger partial charge in [0.05, 0.1) is 7.11 Å². The minimum atomic E-state index is 0.00108. The topological polar surface area (TPSA) is 38.7 Å². The van der Waals surface area contributed by atoms with Crippen LogP contribution in [0.25, 0.3) is 0 Å². The summed E-state index contributed by atoms with van der Waals surface area (Å²) in [5.74, 6) is 1.80. The summed E-state index contributed by atoms with van der Waals surface area (Å²) in [6.45, 7) is 2.21. The molecule has 0 aromatic heterocycles. The van der Waals surface area contributed by atoms with Gasteiger partial charge in [-0.2, -0.15) is 4.91 Å². The molecule has 4 unspecified atom stereocenters. The third-order valence-corrected chi connectivity index (χ3v) is 5.06. The van der Waals surface area contributed by atoms with Crippen molar-refractivity contribution in [2.24, 2.45) is 16.5 Å². The molecule has 0 aliphatic heterocycles. The molecule has 2 aliphatic carbocycles. The smallest absolute Gasteiger partial charge is 0.122 e. The summed E-state index contributed by atoms with van der Waals surface area (Å²) in [5.41, 5.74) is 1.30. The molecule has 2 saturated carbocycles. The first-order valence-corrected chi connectivity index (χ1v) is 6.67. The molecule has 0 heterocycles. The van der Waals surface area contributed by atoms with Crippen molar-refractivity contribution in [2.45, 2.75) is 38.1 Å². The molecular formula is C15H19NO2. The molecule has 3 rings (SSSR count). The van der Waals surface area contributed by atoms with E-state index in [4.69, 9.17) is 4.74 Å². The molecule has 18 heavy (non-hydrogen) atoms. The van der Waals surface area contributed by atoms with Crippen molar-refractivity contribution in [3.63, 3.8) is 0 Å². The van der Waals surface area contributed by atoms with Crippen molar-refractivity contribution in [2.75, 3.05) is 7.11 Å². The summed E-state index contributed by atoms with van der Waals surface area (Å²) < 4.78 is 5.47. The molecule has 0 N–H and O–H groups in total. The van der Waals surface area contributed by atoms with Gasteiger partial charge >= 0.3 is 0 Å². The van der Waals surface area contributed by atoms with E-state index in [2.05, 4.69) is 24.2 Å². The predicted molar refractivity (Wildman–Crippen MR) is 70.8 cm³/mol. The fraction of sp³-hybridized carbons (Fsp3) is 0.600. The predicted octanol–water partition coefficient (Wildman–Crippen LogP) is 3.73. The highest BCUT2D eigenvalue weighted by molar-refractivity contribution is 5.42. The molecule has 96 valence electrons. The number of methoxy groups -OCH3 is 1. The van der Waals surface area contributed by atoms with Gasteiger partial charge in [0.15, 0.2) is 0 Å². The summed E-state index contributed by atoms with van der Waals surface area (Å²) in [6.07, 6.45) is 3.44. The Balaban J connectivity index is 2.01. The largest absolute Gasteiger partial charge is 0.496 e. The monoisotopic (exact) mass is 245 g/mol. The average molecular weight is 245 g/mol. The maximum atomic E-state index is 11.1. The lowest BCUT2D eigenvalue weighted by molar-refractivity contribution is -0.0547. The molecule has 0 radical (unpaired) electrons. The van der Waals surface area contributed by atoms with Crippen LogP contribution in [-0.2, 0) is 0 Å². The zero-order valence-electron chi connectivity index (χ0n) is 10.9. The van der Waals surface area contributed by atoms with Crippen LogP contribution in [0.15, 0.2) is 29.4 Å². The van der Waals surface area contributed by atoms with Gasteiger partial charge in [0.2, 0.25) is 0 Å². The number of benzene rings is 1. The maximum Gasteiger partial charge on any atom is 0.122 e. The first-order chi connectivity index (χ1) is 8.72. The number of para-hydroxylation sites is 1. The van der Waals surface area contributed by atoms with Crippen LogP contribution < -0.4 is 4.74 Å². The molecule has 3 heteroatoms. The lowest BCUT2D eigenvalue weighted by atomic mass is 9.43. The number of hydrogen-bond acceptors (Lipinski definition) is 3. The lowest BCUT2D eigenvalue weighted by Crippen LogP contribution is -2.59. The third-order valence-electron chi connectivity index (χ3n) is 5.06. The van der Waals surface area contributed by atoms with Crippen LogP contribution in [0.5, 0.6) is 5.75 Å². The summed E-state index contributed by atoms with van der Waals surface area (Å²) in [6, 6.07) is 8.20. The quantitative estimate of drug-likeness (QED) is 0.761. The molecule has 0 saturated heterocycles. The van der Waals surface area contributed by atoms with E-state index in [1.165, 1.54) is 12.0 Å². The highest BCUT2D eigenvalue weighted by Gasteiger charge is 2.62. The second-order valence-corrected chi connectivity index (χ2v) is 5.83. The van der Waals surface area contributed by atoms with Crippen molar-refractivity contribution in [1.82, 2.24) is 0 Å². The minimum absolute atomic E-state index is 0.00108. The molecule has 2 fully saturated rings. The first-order valence-electron chi connectivity index (χ1n) is 6.67. The number of hydrogen-bond donors (Lipinski definition) is 0. The zero-order valence-corrected chi connectivity index (χ0v) is 10.9. The fourth-order valence-electron chi connectivity index (χ4n) is 4.28. The highest BCUT2D eigenvalue weighted by Crippen LogP contribution is 2.66. The second-order valence-electron chi connectivity index (χ2n) is 5.83. The van der Waals surface area contributed by atoms with E-state index in [0.29, 0.717) is 11.8 Å². The van der Waals surface area contributed by atoms with E-state index in [1.54, 1.807) is 7.11 Å². The third kappa shape index (κ3) is 1.36. The van der Waals surface area contributed by atoms with Crippen LogP contribution in [0, 0.1) is 16.2 Å². The van der Waals surface area contributed by atoms with Crippen molar-refractivity contribution in [1.29, 1.82) is 0 Å². The number of ether oxygens (including phenoxy) is 1. The van der Waals surface area contributed by atoms with Crippen LogP contribution in [0.2, 0.25) is 0 Å². The van der Waals surface area contributed by atoms with Crippen molar-refractivity contribution < 1.29 is 4.74 Å². The Morgan fingerprint density at radius 3 is 2.83 bits per heavy atom. The van der Waals surface area contributed by atoms with E-state index in [9.17, 15) is 4.91 Å². The number of fused-ring (bicyclic) bond motifs is 2. The Bertz CT molecular complexity index is 473. The van der Waals surface area contributed by atoms with Crippen LogP contribution in [0.1, 0.15) is 37.7 Å². The Morgan fingerprint density at radius 2 is 2.17 bits per heavy atom. The lowest BCUT2D eigenvalue weighted by Gasteiger charge is -2.61. The van der Waals surface area contributed by atoms with E-state index in [-0.39, 0.29) is 11.5 Å². The molecule has 1 aromatic rings. The van der Waals surface area contributed by atoms with Gasteiger partial charge in [0.1, 0.15) is 11.8 Å². The number of nitrogens with zero attached hydrogens (tertiary/aromatic N) is 1. The van der Waals surface area contributed by atoms with Gasteiger partial charge in [-0.1, -0.05) is 36.7 Å². The second kappa shape index (κ2) is 4.08. The Labute approximate surface area is 108 Å². The summed E-state index contributed by atoms with van der Waals surface area (Å²) >= 11 is 0. The van der Waals surface area contributed by atoms with Crippen molar-refractivity contribution in [3.8, 4) is 5.75 Å². The summed E-state index contributed by atoms with van der Waals surface area (Å²) in [5, 5.41) is 3.39. The molecule has 2 bridgehead atoms. The molecule has 0 spiro atoms. The van der Waals surface area contributed by atoms with Crippen LogP contribution in [-0.4, -0.2) is 13.2 Å². The van der Waals surface area contributed by atoms with E-state index in [0.717, 1.165) is 18.6 Å². The zero-order chi connectivity index (χ0) is 12.8. The molecule has 1 aromatic carbocycles. The van der Waals surface area contributed by atoms with Crippen LogP contribution in [0.4, 0.5) is 0 Å². The van der Waals surface area contributed by atoms with Gasteiger partial charge in [0, 0.05) is 11.3 Å². The van der Waals surface area contributed by atoms with Gasteiger partial charge in [-0.3, -0.25) is 0 Å². The van der Waals surface area contributed by atoms with Gasteiger partial charge in [-0.25, -0.2) is 0 Å². The first kappa shape index (κ1) is 11.7. The van der Waals surface area contributed by atoms with E-state index < -0.39 is 0 Å². The number of rotatable bonds is 3. The van der Waals surface area contributed by atoms with Gasteiger partial charge < -0.3 is 4.74 Å². The number of nitroso groups, excluding NO2 is 1. The Morgan fingerprint density at radius 1 is 1.39 bits per heavy atom. The normalized spacial score (nSPS) is 37.8. The average Bonchev–Trinajstić information content (AvgIpc) is 2.40. The highest BCUT2D eigenvalue weighted by atomic mass is 16.5. The minimum Gasteiger partial charge on any atom is -0.496 e. The van der Waals surface area contributed by atoms with Crippen LogP contribution in [0.3, 0.4) is 0 Å². The van der Waals surface area contributed by atoms with E-state index >= 15 is 0 Å². The molecule has 4 atom stereocenters. The summed E-state index contributed by atoms with van der Waals surface area (Å²) in [7, 11) is 1.71. The summed E-state index contributed by atoms with van der Waals surface area (Å²) in [4.78, 5) is 11.1. The van der Waals surface area contributed by atoms with Gasteiger partial charge in [0.25, 0.3) is 0 Å². The fourth-order valence-corrected chi connectivity index (χ4v) is 4.28. The van der Waals surface area contributed by atoms with Crippen LogP contribution >= 0.6 is 0 Å². The van der Waals surface area contributed by atoms with E-state index in [1.807, 2.05) is 12.1 Å². The maximum absolute atomic E-state index is 11.1. The molecule has 3 nitrogen and oxygen atoms in total. The molecule has 2 aliphatic rings. The van der Waals surface area contributed by atoms with Crippen molar-refractivity contribution in [3.05, 3.63) is 34.7 Å². The standard InChI is InChI=1S/C15H19NO2/c1-15-9-5-7-11(14(15)16-17)13(15)10-6-3-4-8-12(10)18-2/h3-4,6,8,11,13-14H,5,7,9H2,1-2H3. The van der Waals surface area contributed by atoms with Gasteiger partial charge in [-0.15, -0.1) is 0 Å². The van der Waals surface area contributed by atoms with Gasteiger partial charge in [-0.05, 0) is 30.4 Å². The Kier molecular flexibility index (Phi) is 2.65.